The van der Waals surface area contributed by atoms with Gasteiger partial charge in [-0.3, -0.25) is 4.68 Å². The molecule has 110 valence electrons. The molecule has 2 rings (SSSR count). The first kappa shape index (κ1) is 15.5. The second-order valence-electron chi connectivity index (χ2n) is 4.36. The third-order valence-corrected chi connectivity index (χ3v) is 4.70. The van der Waals surface area contributed by atoms with E-state index in [0.717, 1.165) is 15.4 Å². The lowest BCUT2D eigenvalue weighted by Crippen LogP contribution is -2.32. The summed E-state index contributed by atoms with van der Waals surface area (Å²) in [7, 11) is 0. The van der Waals surface area contributed by atoms with Crippen molar-refractivity contribution in [3.05, 3.63) is 38.8 Å². The minimum Gasteiger partial charge on any atom is -0.326 e. The number of nitrogens with two attached hydrogens (primary N) is 1. The van der Waals surface area contributed by atoms with E-state index in [1.807, 2.05) is 18.4 Å². The summed E-state index contributed by atoms with van der Waals surface area (Å²) >= 11 is 4.78. The molecule has 0 fully saturated rings. The summed E-state index contributed by atoms with van der Waals surface area (Å²) in [6.07, 6.45) is -2.47. The second-order valence-corrected chi connectivity index (χ2v) is 6.22. The van der Waals surface area contributed by atoms with E-state index >= 15 is 0 Å². The van der Waals surface area contributed by atoms with Crippen LogP contribution in [0.3, 0.4) is 0 Å². The molecule has 0 radical (unpaired) electrons. The van der Waals surface area contributed by atoms with Gasteiger partial charge in [0.1, 0.15) is 6.04 Å². The highest BCUT2D eigenvalue weighted by Gasteiger charge is 2.35. The zero-order chi connectivity index (χ0) is 14.9. The standard InChI is InChI=1S/C12H13BrF3N3S/c1-2-8(17)11(9-5-7(13)6-20-9)19-4-3-10(18-19)12(14,15)16/h3-6,8,11H,2,17H2,1H3. The fourth-order valence-corrected chi connectivity index (χ4v) is 3.50. The van der Waals surface area contributed by atoms with Gasteiger partial charge in [0.2, 0.25) is 0 Å². The van der Waals surface area contributed by atoms with Crippen molar-refractivity contribution in [2.75, 3.05) is 0 Å². The van der Waals surface area contributed by atoms with Crippen molar-refractivity contribution in [1.29, 1.82) is 0 Å². The van der Waals surface area contributed by atoms with Gasteiger partial charge in [0, 0.05) is 27.0 Å². The normalized spacial score (nSPS) is 15.3. The summed E-state index contributed by atoms with van der Waals surface area (Å²) in [5, 5.41) is 5.51. The molecule has 2 atom stereocenters. The predicted molar refractivity (Wildman–Crippen MR) is 75.7 cm³/mol. The van der Waals surface area contributed by atoms with Crippen LogP contribution in [0.25, 0.3) is 0 Å². The SMILES string of the molecule is CCC(N)C(c1cc(Br)cs1)n1ccc(C(F)(F)F)n1. The summed E-state index contributed by atoms with van der Waals surface area (Å²) in [6, 6.07) is 2.13. The number of thiophene rings is 1. The maximum absolute atomic E-state index is 12.6. The van der Waals surface area contributed by atoms with Crippen LogP contribution in [-0.2, 0) is 6.18 Å². The lowest BCUT2D eigenvalue weighted by atomic mass is 10.1. The van der Waals surface area contributed by atoms with Gasteiger partial charge >= 0.3 is 6.18 Å². The molecule has 2 aromatic heterocycles. The van der Waals surface area contributed by atoms with E-state index in [1.165, 1.54) is 22.2 Å². The molecule has 3 nitrogen and oxygen atoms in total. The summed E-state index contributed by atoms with van der Waals surface area (Å²) in [6.45, 7) is 1.90. The van der Waals surface area contributed by atoms with Crippen LogP contribution in [0.2, 0.25) is 0 Å². The molecular weight excluding hydrogens is 355 g/mol. The summed E-state index contributed by atoms with van der Waals surface area (Å²) in [5.41, 5.74) is 5.16. The van der Waals surface area contributed by atoms with Gasteiger partial charge in [0.15, 0.2) is 5.69 Å². The Morgan fingerprint density at radius 1 is 1.50 bits per heavy atom. The van der Waals surface area contributed by atoms with Gasteiger partial charge in [-0.25, -0.2) is 0 Å². The van der Waals surface area contributed by atoms with Crippen molar-refractivity contribution in [2.24, 2.45) is 5.73 Å². The van der Waals surface area contributed by atoms with Crippen LogP contribution >= 0.6 is 27.3 Å². The first-order valence-corrected chi connectivity index (χ1v) is 7.62. The highest BCUT2D eigenvalue weighted by molar-refractivity contribution is 9.10. The first-order valence-electron chi connectivity index (χ1n) is 5.94. The maximum atomic E-state index is 12.6. The largest absolute Gasteiger partial charge is 0.435 e. The van der Waals surface area contributed by atoms with Crippen molar-refractivity contribution < 1.29 is 13.2 Å². The maximum Gasteiger partial charge on any atom is 0.435 e. The molecule has 0 aliphatic rings. The third kappa shape index (κ3) is 3.24. The van der Waals surface area contributed by atoms with Crippen molar-refractivity contribution in [2.45, 2.75) is 31.6 Å². The Morgan fingerprint density at radius 3 is 2.65 bits per heavy atom. The molecule has 0 saturated carbocycles. The molecule has 0 spiro atoms. The van der Waals surface area contributed by atoms with Crippen LogP contribution < -0.4 is 5.73 Å². The van der Waals surface area contributed by atoms with Crippen molar-refractivity contribution in [3.63, 3.8) is 0 Å². The van der Waals surface area contributed by atoms with Gasteiger partial charge in [-0.1, -0.05) is 6.92 Å². The number of hydrogen-bond donors (Lipinski definition) is 1. The second kappa shape index (κ2) is 5.87. The average Bonchev–Trinajstić information content (AvgIpc) is 2.98. The Hall–Kier alpha value is -0.860. The Balaban J connectivity index is 2.39. The lowest BCUT2D eigenvalue weighted by molar-refractivity contribution is -0.141. The van der Waals surface area contributed by atoms with Crippen LogP contribution in [0.1, 0.15) is 30.0 Å². The quantitative estimate of drug-likeness (QED) is 0.885. The minimum absolute atomic E-state index is 0.304. The number of hydrogen-bond acceptors (Lipinski definition) is 3. The van der Waals surface area contributed by atoms with E-state index in [-0.39, 0.29) is 6.04 Å². The van der Waals surface area contributed by atoms with E-state index in [1.54, 1.807) is 0 Å². The van der Waals surface area contributed by atoms with Gasteiger partial charge in [0.25, 0.3) is 0 Å². The molecule has 2 heterocycles. The molecular formula is C12H13BrF3N3S. The molecule has 0 aromatic carbocycles. The minimum atomic E-state index is -4.44. The molecule has 2 unspecified atom stereocenters. The molecule has 0 aliphatic carbocycles. The Morgan fingerprint density at radius 2 is 2.20 bits per heavy atom. The summed E-state index contributed by atoms with van der Waals surface area (Å²) in [4.78, 5) is 0.878. The molecule has 2 aromatic rings. The molecule has 2 N–H and O–H groups in total. The van der Waals surface area contributed by atoms with Crippen LogP contribution in [0.5, 0.6) is 0 Å². The van der Waals surface area contributed by atoms with Gasteiger partial charge in [-0.15, -0.1) is 11.3 Å². The van der Waals surface area contributed by atoms with Crippen molar-refractivity contribution in [1.82, 2.24) is 9.78 Å². The molecule has 20 heavy (non-hydrogen) atoms. The monoisotopic (exact) mass is 367 g/mol. The Labute approximate surface area is 126 Å². The lowest BCUT2D eigenvalue weighted by Gasteiger charge is -2.22. The zero-order valence-electron chi connectivity index (χ0n) is 10.6. The molecule has 0 amide bonds. The fraction of sp³-hybridized carbons (Fsp3) is 0.417. The highest BCUT2D eigenvalue weighted by Crippen LogP contribution is 2.33. The Bertz CT molecular complexity index is 579. The van der Waals surface area contributed by atoms with Gasteiger partial charge in [-0.2, -0.15) is 18.3 Å². The zero-order valence-corrected chi connectivity index (χ0v) is 13.0. The summed E-state index contributed by atoms with van der Waals surface area (Å²) in [5.74, 6) is 0. The third-order valence-electron chi connectivity index (χ3n) is 2.94. The predicted octanol–water partition coefficient (Wildman–Crippen LogP) is 4.05. The van der Waals surface area contributed by atoms with E-state index in [9.17, 15) is 13.2 Å². The van der Waals surface area contributed by atoms with Crippen LogP contribution in [0.4, 0.5) is 13.2 Å². The van der Waals surface area contributed by atoms with E-state index < -0.39 is 17.9 Å². The average molecular weight is 368 g/mol. The van der Waals surface area contributed by atoms with Crippen molar-refractivity contribution >= 4 is 27.3 Å². The number of alkyl halides is 3. The molecule has 8 heteroatoms. The molecule has 0 aliphatic heterocycles. The Kier molecular flexibility index (Phi) is 4.55. The number of aromatic nitrogens is 2. The number of rotatable bonds is 4. The molecule has 0 bridgehead atoms. The van der Waals surface area contributed by atoms with Gasteiger partial charge < -0.3 is 5.73 Å². The number of halogens is 4. The first-order chi connectivity index (χ1) is 9.32. The fourth-order valence-electron chi connectivity index (χ4n) is 1.89. The van der Waals surface area contributed by atoms with Gasteiger partial charge in [0.05, 0.1) is 0 Å². The van der Waals surface area contributed by atoms with E-state index in [2.05, 4.69) is 21.0 Å². The topological polar surface area (TPSA) is 43.8 Å². The number of nitrogens with zero attached hydrogens (tertiary/aromatic N) is 2. The van der Waals surface area contributed by atoms with Crippen LogP contribution in [-0.4, -0.2) is 15.8 Å². The van der Waals surface area contributed by atoms with Crippen molar-refractivity contribution in [3.8, 4) is 0 Å². The van der Waals surface area contributed by atoms with E-state index in [4.69, 9.17) is 5.73 Å². The smallest absolute Gasteiger partial charge is 0.326 e. The van der Waals surface area contributed by atoms with Crippen LogP contribution in [0.15, 0.2) is 28.2 Å². The van der Waals surface area contributed by atoms with Crippen LogP contribution in [0, 0.1) is 0 Å². The van der Waals surface area contributed by atoms with E-state index in [0.29, 0.717) is 6.42 Å². The summed E-state index contributed by atoms with van der Waals surface area (Å²) < 4.78 is 40.1. The molecule has 0 saturated heterocycles. The highest BCUT2D eigenvalue weighted by atomic mass is 79.9. The van der Waals surface area contributed by atoms with Gasteiger partial charge in [-0.05, 0) is 34.5 Å².